The molecule has 2 aromatic rings. The first-order valence-electron chi connectivity index (χ1n) is 7.53. The normalized spacial score (nSPS) is 10.4. The fourth-order valence-electron chi connectivity index (χ4n) is 1.95. The summed E-state index contributed by atoms with van der Waals surface area (Å²) >= 11 is 16.8. The lowest BCUT2D eigenvalue weighted by Crippen LogP contribution is -2.37. The Morgan fingerprint density at radius 2 is 1.96 bits per heavy atom. The molecule has 0 saturated carbocycles. The van der Waals surface area contributed by atoms with E-state index in [0.29, 0.717) is 27.0 Å². The Bertz CT molecular complexity index is 903. The molecule has 0 saturated heterocycles. The van der Waals surface area contributed by atoms with Gasteiger partial charge in [0.25, 0.3) is 5.91 Å². The van der Waals surface area contributed by atoms with Crippen LogP contribution in [0.15, 0.2) is 48.5 Å². The van der Waals surface area contributed by atoms with Crippen LogP contribution in [-0.2, 0) is 9.59 Å². The summed E-state index contributed by atoms with van der Waals surface area (Å²) in [4.78, 5) is 22.5. The Hall–Kier alpha value is -2.61. The summed E-state index contributed by atoms with van der Waals surface area (Å²) in [6.07, 6.45) is 2.47. The summed E-state index contributed by atoms with van der Waals surface area (Å²) < 4.78 is 5.32. The first kappa shape index (κ1) is 20.7. The van der Waals surface area contributed by atoms with E-state index in [1.165, 1.54) is 12.1 Å². The third-order valence-electron chi connectivity index (χ3n) is 3.07. The monoisotopic (exact) mass is 424 g/mol. The van der Waals surface area contributed by atoms with Crippen molar-refractivity contribution < 1.29 is 19.4 Å². The Labute approximate surface area is 170 Å². The molecular formula is C18H14Cl2N2O4S. The number of hydrogen-bond donors (Lipinski definition) is 3. The Balaban J connectivity index is 1.87. The second kappa shape index (κ2) is 9.91. The van der Waals surface area contributed by atoms with Gasteiger partial charge in [0, 0.05) is 16.8 Å². The number of ether oxygens (including phenoxy) is 1. The number of benzene rings is 2. The van der Waals surface area contributed by atoms with Crippen molar-refractivity contribution in [3.63, 3.8) is 0 Å². The van der Waals surface area contributed by atoms with Gasteiger partial charge in [-0.25, -0.2) is 4.79 Å². The predicted octanol–water partition coefficient (Wildman–Crippen LogP) is 3.98. The maximum atomic E-state index is 11.9. The number of aliphatic carboxylic acids is 1. The zero-order valence-corrected chi connectivity index (χ0v) is 16.1. The van der Waals surface area contributed by atoms with Crippen LogP contribution in [-0.4, -0.2) is 28.7 Å². The van der Waals surface area contributed by atoms with E-state index in [4.69, 9.17) is 45.3 Å². The largest absolute Gasteiger partial charge is 0.482 e. The summed E-state index contributed by atoms with van der Waals surface area (Å²) in [6, 6.07) is 11.5. The number of amides is 1. The molecular weight excluding hydrogens is 411 g/mol. The second-order valence-electron chi connectivity index (χ2n) is 5.16. The minimum Gasteiger partial charge on any atom is -0.482 e. The van der Waals surface area contributed by atoms with Gasteiger partial charge in [-0.1, -0.05) is 35.3 Å². The van der Waals surface area contributed by atoms with Crippen LogP contribution < -0.4 is 15.4 Å². The van der Waals surface area contributed by atoms with E-state index < -0.39 is 11.9 Å². The van der Waals surface area contributed by atoms with E-state index in [9.17, 15) is 9.59 Å². The maximum absolute atomic E-state index is 11.9. The van der Waals surface area contributed by atoms with Crippen LogP contribution in [0.3, 0.4) is 0 Å². The van der Waals surface area contributed by atoms with Crippen molar-refractivity contribution in [1.29, 1.82) is 0 Å². The molecule has 0 bridgehead atoms. The van der Waals surface area contributed by atoms with Gasteiger partial charge in [-0.15, -0.1) is 0 Å². The lowest BCUT2D eigenvalue weighted by molar-refractivity contribution is -0.131. The van der Waals surface area contributed by atoms with Crippen molar-refractivity contribution in [2.45, 2.75) is 0 Å². The lowest BCUT2D eigenvalue weighted by atomic mass is 10.2. The number of carbonyl (C=O) groups is 2. The summed E-state index contributed by atoms with van der Waals surface area (Å²) in [7, 11) is 0. The van der Waals surface area contributed by atoms with Gasteiger partial charge in [0.05, 0.1) is 5.02 Å². The minimum atomic E-state index is -1.04. The molecule has 0 aromatic heterocycles. The number of rotatable bonds is 6. The molecule has 6 nitrogen and oxygen atoms in total. The van der Waals surface area contributed by atoms with E-state index in [-0.39, 0.29) is 11.7 Å². The fraction of sp³-hybridized carbons (Fsp3) is 0.0556. The molecule has 0 spiro atoms. The Morgan fingerprint density at radius 1 is 1.19 bits per heavy atom. The van der Waals surface area contributed by atoms with Gasteiger partial charge in [0.15, 0.2) is 11.7 Å². The number of nitrogens with one attached hydrogen (secondary N) is 2. The van der Waals surface area contributed by atoms with Crippen LogP contribution in [0.4, 0.5) is 5.69 Å². The molecule has 1 amide bonds. The highest BCUT2D eigenvalue weighted by Crippen LogP contribution is 2.27. The zero-order chi connectivity index (χ0) is 19.8. The SMILES string of the molecule is O=C(O)/C=C/c1cccc(NC(=S)NC(=O)COc2ccc(Cl)cc2Cl)c1. The van der Waals surface area contributed by atoms with Crippen molar-refractivity contribution in [1.82, 2.24) is 5.32 Å². The number of carbonyl (C=O) groups excluding carboxylic acids is 1. The summed E-state index contributed by atoms with van der Waals surface area (Å²) in [6.45, 7) is -0.287. The van der Waals surface area contributed by atoms with Gasteiger partial charge >= 0.3 is 5.97 Å². The van der Waals surface area contributed by atoms with E-state index in [1.54, 1.807) is 36.4 Å². The maximum Gasteiger partial charge on any atom is 0.328 e. The van der Waals surface area contributed by atoms with E-state index in [0.717, 1.165) is 6.08 Å². The molecule has 0 fully saturated rings. The van der Waals surface area contributed by atoms with Crippen molar-refractivity contribution in [2.75, 3.05) is 11.9 Å². The van der Waals surface area contributed by atoms with Crippen molar-refractivity contribution in [2.24, 2.45) is 0 Å². The lowest BCUT2D eigenvalue weighted by Gasteiger charge is -2.11. The van der Waals surface area contributed by atoms with Gasteiger partial charge in [-0.2, -0.15) is 0 Å². The highest BCUT2D eigenvalue weighted by molar-refractivity contribution is 7.80. The first-order chi connectivity index (χ1) is 12.8. The molecule has 0 aliphatic heterocycles. The highest BCUT2D eigenvalue weighted by Gasteiger charge is 2.08. The van der Waals surface area contributed by atoms with Gasteiger partial charge in [-0.3, -0.25) is 10.1 Å². The molecule has 0 aliphatic carbocycles. The number of thiocarbonyl (C=S) groups is 1. The van der Waals surface area contributed by atoms with Gasteiger partial charge in [0.1, 0.15) is 5.75 Å². The topological polar surface area (TPSA) is 87.7 Å². The Morgan fingerprint density at radius 3 is 2.67 bits per heavy atom. The van der Waals surface area contributed by atoms with Crippen molar-refractivity contribution >= 4 is 64.2 Å². The summed E-state index contributed by atoms with van der Waals surface area (Å²) in [5.41, 5.74) is 1.26. The van der Waals surface area contributed by atoms with Gasteiger partial charge in [-0.05, 0) is 54.2 Å². The fourth-order valence-corrected chi connectivity index (χ4v) is 2.64. The number of carboxylic acids is 1. The summed E-state index contributed by atoms with van der Waals surface area (Å²) in [5, 5.41) is 14.8. The third-order valence-corrected chi connectivity index (χ3v) is 3.80. The smallest absolute Gasteiger partial charge is 0.328 e. The average Bonchev–Trinajstić information content (AvgIpc) is 2.59. The quantitative estimate of drug-likeness (QED) is 0.480. The van der Waals surface area contributed by atoms with Crippen LogP contribution >= 0.6 is 35.4 Å². The van der Waals surface area contributed by atoms with Crippen LogP contribution in [0, 0.1) is 0 Å². The molecule has 0 aliphatic rings. The predicted molar refractivity (Wildman–Crippen MR) is 109 cm³/mol. The van der Waals surface area contributed by atoms with Crippen LogP contribution in [0.2, 0.25) is 10.0 Å². The molecule has 9 heteroatoms. The number of hydrogen-bond acceptors (Lipinski definition) is 4. The Kier molecular flexibility index (Phi) is 7.60. The molecule has 3 N–H and O–H groups in total. The van der Waals surface area contributed by atoms with E-state index in [1.807, 2.05) is 0 Å². The van der Waals surface area contributed by atoms with E-state index in [2.05, 4.69) is 10.6 Å². The van der Waals surface area contributed by atoms with Crippen molar-refractivity contribution in [3.8, 4) is 5.75 Å². The standard InChI is InChI=1S/C18H14Cl2N2O4S/c19-12-5-6-15(14(20)9-12)26-10-16(23)22-18(27)21-13-3-1-2-11(8-13)4-7-17(24)25/h1-9H,10H2,(H,24,25)(H2,21,22,23,27)/b7-4+. The second-order valence-corrected chi connectivity index (χ2v) is 6.41. The first-order valence-corrected chi connectivity index (χ1v) is 8.69. The van der Waals surface area contributed by atoms with Gasteiger partial charge < -0.3 is 15.2 Å². The molecule has 140 valence electrons. The van der Waals surface area contributed by atoms with Gasteiger partial charge in [0.2, 0.25) is 0 Å². The zero-order valence-electron chi connectivity index (χ0n) is 13.7. The highest BCUT2D eigenvalue weighted by atomic mass is 35.5. The van der Waals surface area contributed by atoms with Crippen LogP contribution in [0.1, 0.15) is 5.56 Å². The van der Waals surface area contributed by atoms with E-state index >= 15 is 0 Å². The molecule has 2 rings (SSSR count). The molecule has 2 aromatic carbocycles. The molecule has 0 heterocycles. The number of halogens is 2. The average molecular weight is 425 g/mol. The van der Waals surface area contributed by atoms with Crippen LogP contribution in [0.25, 0.3) is 6.08 Å². The molecule has 0 radical (unpaired) electrons. The summed E-state index contributed by atoms with van der Waals surface area (Å²) in [5.74, 6) is -1.19. The minimum absolute atomic E-state index is 0.0742. The number of anilines is 1. The van der Waals surface area contributed by atoms with Crippen molar-refractivity contribution in [3.05, 3.63) is 64.1 Å². The molecule has 0 atom stereocenters. The molecule has 0 unspecified atom stereocenters. The third kappa shape index (κ3) is 7.26. The number of carboxylic acid groups (broad SMARTS) is 1. The molecule has 27 heavy (non-hydrogen) atoms. The van der Waals surface area contributed by atoms with Crippen LogP contribution in [0.5, 0.6) is 5.75 Å².